The Morgan fingerprint density at radius 3 is 3.07 bits per heavy atom. The van der Waals surface area contributed by atoms with Gasteiger partial charge in [-0.05, 0) is 31.0 Å². The standard InChI is InChI=1S/C10H16N2OS2/c1-14-4-2-3-12-6-9-5-8(7-15-9)10(11)13/h5,7,12H,2-4,6H2,1H3,(H2,11,13). The Morgan fingerprint density at radius 2 is 2.47 bits per heavy atom. The summed E-state index contributed by atoms with van der Waals surface area (Å²) in [4.78, 5) is 12.0. The van der Waals surface area contributed by atoms with Gasteiger partial charge in [0.05, 0.1) is 5.56 Å². The van der Waals surface area contributed by atoms with Gasteiger partial charge in [-0.3, -0.25) is 4.79 Å². The first-order valence-corrected chi connectivity index (χ1v) is 7.08. The number of nitrogens with two attached hydrogens (primary N) is 1. The van der Waals surface area contributed by atoms with Gasteiger partial charge in [0, 0.05) is 16.8 Å². The van der Waals surface area contributed by atoms with Crippen LogP contribution in [0.15, 0.2) is 11.4 Å². The maximum atomic E-state index is 10.8. The molecule has 3 nitrogen and oxygen atoms in total. The van der Waals surface area contributed by atoms with E-state index >= 15 is 0 Å². The normalized spacial score (nSPS) is 10.5. The summed E-state index contributed by atoms with van der Waals surface area (Å²) >= 11 is 3.43. The van der Waals surface area contributed by atoms with Gasteiger partial charge in [0.2, 0.25) is 5.91 Å². The van der Waals surface area contributed by atoms with Crippen molar-refractivity contribution in [2.75, 3.05) is 18.6 Å². The molecule has 0 spiro atoms. The highest BCUT2D eigenvalue weighted by atomic mass is 32.2. The van der Waals surface area contributed by atoms with Crippen molar-refractivity contribution >= 4 is 29.0 Å². The molecule has 0 aliphatic carbocycles. The lowest BCUT2D eigenvalue weighted by molar-refractivity contribution is 0.100. The minimum Gasteiger partial charge on any atom is -0.366 e. The molecule has 84 valence electrons. The van der Waals surface area contributed by atoms with E-state index in [1.165, 1.54) is 12.2 Å². The summed E-state index contributed by atoms with van der Waals surface area (Å²) in [7, 11) is 0. The Morgan fingerprint density at radius 1 is 1.67 bits per heavy atom. The number of thioether (sulfide) groups is 1. The van der Waals surface area contributed by atoms with Gasteiger partial charge < -0.3 is 11.1 Å². The summed E-state index contributed by atoms with van der Waals surface area (Å²) in [5, 5.41) is 5.14. The summed E-state index contributed by atoms with van der Waals surface area (Å²) in [6.45, 7) is 1.84. The van der Waals surface area contributed by atoms with Crippen LogP contribution < -0.4 is 11.1 Å². The van der Waals surface area contributed by atoms with Gasteiger partial charge in [0.15, 0.2) is 0 Å². The fourth-order valence-corrected chi connectivity index (χ4v) is 2.43. The molecular formula is C10H16N2OS2. The quantitative estimate of drug-likeness (QED) is 0.718. The predicted octanol–water partition coefficient (Wildman–Crippen LogP) is 1.69. The number of amides is 1. The van der Waals surface area contributed by atoms with Crippen molar-refractivity contribution in [3.05, 3.63) is 21.9 Å². The summed E-state index contributed by atoms with van der Waals surface area (Å²) < 4.78 is 0. The first kappa shape index (κ1) is 12.5. The van der Waals surface area contributed by atoms with E-state index in [1.54, 1.807) is 16.7 Å². The molecule has 0 aliphatic heterocycles. The zero-order chi connectivity index (χ0) is 11.1. The lowest BCUT2D eigenvalue weighted by atomic mass is 10.3. The van der Waals surface area contributed by atoms with E-state index in [0.29, 0.717) is 5.56 Å². The fourth-order valence-electron chi connectivity index (χ4n) is 1.16. The Labute approximate surface area is 98.4 Å². The maximum absolute atomic E-state index is 10.8. The number of rotatable bonds is 7. The molecule has 0 saturated carbocycles. The third-order valence-corrected chi connectivity index (χ3v) is 3.57. The van der Waals surface area contributed by atoms with Gasteiger partial charge in [0.25, 0.3) is 0 Å². The highest BCUT2D eigenvalue weighted by molar-refractivity contribution is 7.98. The van der Waals surface area contributed by atoms with Gasteiger partial charge in [0.1, 0.15) is 0 Å². The molecule has 0 aliphatic rings. The molecule has 0 radical (unpaired) electrons. The van der Waals surface area contributed by atoms with Crippen LogP contribution in [0.1, 0.15) is 21.7 Å². The molecule has 0 unspecified atom stereocenters. The molecule has 0 atom stereocenters. The van der Waals surface area contributed by atoms with Gasteiger partial charge in [-0.2, -0.15) is 11.8 Å². The Hall–Kier alpha value is -0.520. The lowest BCUT2D eigenvalue weighted by Gasteiger charge is -2.01. The smallest absolute Gasteiger partial charge is 0.249 e. The number of nitrogens with one attached hydrogen (secondary N) is 1. The number of hydrogen-bond acceptors (Lipinski definition) is 4. The zero-order valence-corrected chi connectivity index (χ0v) is 10.4. The minimum atomic E-state index is -0.347. The van der Waals surface area contributed by atoms with E-state index in [9.17, 15) is 4.79 Å². The van der Waals surface area contributed by atoms with Crippen LogP contribution in [0.4, 0.5) is 0 Å². The molecule has 1 amide bonds. The van der Waals surface area contributed by atoms with Gasteiger partial charge in [-0.25, -0.2) is 0 Å². The molecule has 1 heterocycles. The second-order valence-corrected chi connectivity index (χ2v) is 5.17. The molecule has 5 heteroatoms. The number of hydrogen-bond donors (Lipinski definition) is 2. The van der Waals surface area contributed by atoms with Crippen molar-refractivity contribution < 1.29 is 4.79 Å². The molecular weight excluding hydrogens is 228 g/mol. The molecule has 0 fully saturated rings. The maximum Gasteiger partial charge on any atom is 0.249 e. The van der Waals surface area contributed by atoms with Crippen molar-refractivity contribution in [3.63, 3.8) is 0 Å². The molecule has 0 saturated heterocycles. The van der Waals surface area contributed by atoms with Crippen molar-refractivity contribution in [3.8, 4) is 0 Å². The van der Waals surface area contributed by atoms with Crippen molar-refractivity contribution in [2.45, 2.75) is 13.0 Å². The molecule has 0 aromatic carbocycles. The van der Waals surface area contributed by atoms with Crippen LogP contribution in [0.5, 0.6) is 0 Å². The van der Waals surface area contributed by atoms with Crippen LogP contribution in [0.25, 0.3) is 0 Å². The first-order chi connectivity index (χ1) is 7.24. The van der Waals surface area contributed by atoms with Crippen LogP contribution in [0.3, 0.4) is 0 Å². The molecule has 1 aromatic rings. The monoisotopic (exact) mass is 244 g/mol. The third kappa shape index (κ3) is 4.68. The van der Waals surface area contributed by atoms with E-state index in [-0.39, 0.29) is 5.91 Å². The lowest BCUT2D eigenvalue weighted by Crippen LogP contribution is -2.14. The van der Waals surface area contributed by atoms with Crippen LogP contribution in [-0.4, -0.2) is 24.5 Å². The van der Waals surface area contributed by atoms with E-state index in [2.05, 4.69) is 11.6 Å². The van der Waals surface area contributed by atoms with Gasteiger partial charge >= 0.3 is 0 Å². The average molecular weight is 244 g/mol. The molecule has 3 N–H and O–H groups in total. The van der Waals surface area contributed by atoms with Crippen molar-refractivity contribution in [1.82, 2.24) is 5.32 Å². The molecule has 0 bridgehead atoms. The van der Waals surface area contributed by atoms with Gasteiger partial charge in [-0.15, -0.1) is 11.3 Å². The second kappa shape index (κ2) is 6.87. The Kier molecular flexibility index (Phi) is 5.75. The van der Waals surface area contributed by atoms with Crippen molar-refractivity contribution in [1.29, 1.82) is 0 Å². The summed E-state index contributed by atoms with van der Waals surface area (Å²) in [6, 6.07) is 1.86. The third-order valence-electron chi connectivity index (χ3n) is 1.94. The molecule has 1 aromatic heterocycles. The highest BCUT2D eigenvalue weighted by Crippen LogP contribution is 2.13. The van der Waals surface area contributed by atoms with E-state index in [0.717, 1.165) is 18.0 Å². The van der Waals surface area contributed by atoms with E-state index < -0.39 is 0 Å². The summed E-state index contributed by atoms with van der Waals surface area (Å²) in [6.07, 6.45) is 3.29. The number of carbonyl (C=O) groups is 1. The van der Waals surface area contributed by atoms with Crippen molar-refractivity contribution in [2.24, 2.45) is 5.73 Å². The van der Waals surface area contributed by atoms with Gasteiger partial charge in [-0.1, -0.05) is 0 Å². The summed E-state index contributed by atoms with van der Waals surface area (Å²) in [5.74, 6) is 0.837. The number of carbonyl (C=O) groups excluding carboxylic acids is 1. The number of primary amides is 1. The van der Waals surface area contributed by atoms with E-state index in [1.807, 2.05) is 17.8 Å². The predicted molar refractivity (Wildman–Crippen MR) is 67.5 cm³/mol. The van der Waals surface area contributed by atoms with Crippen LogP contribution in [-0.2, 0) is 6.54 Å². The van der Waals surface area contributed by atoms with Crippen LogP contribution in [0, 0.1) is 0 Å². The Bertz CT molecular complexity index is 312. The van der Waals surface area contributed by atoms with Crippen LogP contribution in [0.2, 0.25) is 0 Å². The van der Waals surface area contributed by atoms with Crippen LogP contribution >= 0.6 is 23.1 Å². The summed E-state index contributed by atoms with van der Waals surface area (Å²) in [5.41, 5.74) is 5.78. The Balaban J connectivity index is 2.23. The minimum absolute atomic E-state index is 0.347. The molecule has 15 heavy (non-hydrogen) atoms. The zero-order valence-electron chi connectivity index (χ0n) is 8.79. The SMILES string of the molecule is CSCCCNCc1cc(C(N)=O)cs1. The fraction of sp³-hybridized carbons (Fsp3) is 0.500. The van der Waals surface area contributed by atoms with E-state index in [4.69, 9.17) is 5.73 Å². The average Bonchev–Trinajstić information content (AvgIpc) is 2.66. The molecule has 1 rings (SSSR count). The largest absolute Gasteiger partial charge is 0.366 e. The first-order valence-electron chi connectivity index (χ1n) is 4.81. The second-order valence-electron chi connectivity index (χ2n) is 3.19. The topological polar surface area (TPSA) is 55.1 Å². The highest BCUT2D eigenvalue weighted by Gasteiger charge is 2.03. The number of thiophene rings is 1.